The van der Waals surface area contributed by atoms with Gasteiger partial charge in [-0.3, -0.25) is 20.4 Å². The first-order chi connectivity index (χ1) is 15.1. The SMILES string of the molecule is Cc1ccc2c(CC(=O)NNC(=O)CC[NH+]3CCN(c4ccccc4)CC3)coc2c1. The third kappa shape index (κ3) is 5.44. The van der Waals surface area contributed by atoms with Crippen LogP contribution in [-0.4, -0.2) is 44.5 Å². The van der Waals surface area contributed by atoms with Gasteiger partial charge in [0.15, 0.2) is 0 Å². The molecule has 0 aliphatic carbocycles. The first-order valence-corrected chi connectivity index (χ1v) is 10.8. The molecule has 0 spiro atoms. The van der Waals surface area contributed by atoms with Crippen LogP contribution in [0.3, 0.4) is 0 Å². The molecule has 3 N–H and O–H groups in total. The summed E-state index contributed by atoms with van der Waals surface area (Å²) in [5.41, 5.74) is 8.98. The maximum atomic E-state index is 12.2. The second-order valence-electron chi connectivity index (χ2n) is 8.11. The van der Waals surface area contributed by atoms with Gasteiger partial charge < -0.3 is 14.2 Å². The molecule has 1 fully saturated rings. The lowest BCUT2D eigenvalue weighted by atomic mass is 10.1. The van der Waals surface area contributed by atoms with E-state index in [1.54, 1.807) is 6.26 Å². The van der Waals surface area contributed by atoms with E-state index < -0.39 is 0 Å². The molecule has 0 saturated carbocycles. The van der Waals surface area contributed by atoms with Crippen molar-refractivity contribution in [2.75, 3.05) is 37.6 Å². The molecule has 3 aromatic rings. The van der Waals surface area contributed by atoms with Crippen LogP contribution in [0.1, 0.15) is 17.5 Å². The van der Waals surface area contributed by atoms with Crippen molar-refractivity contribution >= 4 is 28.5 Å². The number of anilines is 1. The molecule has 2 amide bonds. The fraction of sp³-hybridized carbons (Fsp3) is 0.333. The number of hydrogen-bond donors (Lipinski definition) is 3. The minimum absolute atomic E-state index is 0.156. The third-order valence-corrected chi connectivity index (χ3v) is 5.80. The fourth-order valence-electron chi connectivity index (χ4n) is 4.01. The van der Waals surface area contributed by atoms with E-state index in [0.717, 1.165) is 54.8 Å². The highest BCUT2D eigenvalue weighted by Crippen LogP contribution is 2.22. The van der Waals surface area contributed by atoms with Crippen LogP contribution in [0.2, 0.25) is 0 Å². The Morgan fingerprint density at radius 2 is 1.77 bits per heavy atom. The van der Waals surface area contributed by atoms with Gasteiger partial charge in [0.05, 0.1) is 51.8 Å². The van der Waals surface area contributed by atoms with Gasteiger partial charge in [-0.05, 0) is 30.7 Å². The lowest BCUT2D eigenvalue weighted by molar-refractivity contribution is -0.900. The molecule has 7 nitrogen and oxygen atoms in total. The zero-order valence-electron chi connectivity index (χ0n) is 17.8. The molecule has 2 heterocycles. The predicted molar refractivity (Wildman–Crippen MR) is 120 cm³/mol. The summed E-state index contributed by atoms with van der Waals surface area (Å²) in [6, 6.07) is 16.3. The number of amides is 2. The number of nitrogens with one attached hydrogen (secondary N) is 3. The van der Waals surface area contributed by atoms with Crippen molar-refractivity contribution in [3.63, 3.8) is 0 Å². The number of rotatable bonds is 6. The molecular formula is C24H29N4O3+. The normalized spacial score (nSPS) is 14.5. The van der Waals surface area contributed by atoms with Crippen LogP contribution < -0.4 is 20.7 Å². The van der Waals surface area contributed by atoms with Gasteiger partial charge in [-0.15, -0.1) is 0 Å². The lowest BCUT2D eigenvalue weighted by Crippen LogP contribution is -3.15. The van der Waals surface area contributed by atoms with E-state index >= 15 is 0 Å². The van der Waals surface area contributed by atoms with E-state index in [0.29, 0.717) is 6.42 Å². The summed E-state index contributed by atoms with van der Waals surface area (Å²) in [5, 5.41) is 0.922. The molecule has 162 valence electrons. The minimum atomic E-state index is -0.263. The van der Waals surface area contributed by atoms with Crippen LogP contribution in [0.4, 0.5) is 5.69 Å². The van der Waals surface area contributed by atoms with Gasteiger partial charge in [0.2, 0.25) is 11.8 Å². The number of piperazine rings is 1. The zero-order chi connectivity index (χ0) is 21.6. The first-order valence-electron chi connectivity index (χ1n) is 10.8. The molecule has 4 rings (SSSR count). The molecule has 0 radical (unpaired) electrons. The lowest BCUT2D eigenvalue weighted by Gasteiger charge is -2.33. The second kappa shape index (κ2) is 9.66. The fourth-order valence-corrected chi connectivity index (χ4v) is 4.01. The Hall–Kier alpha value is -3.32. The van der Waals surface area contributed by atoms with Gasteiger partial charge in [0, 0.05) is 16.6 Å². The van der Waals surface area contributed by atoms with E-state index in [4.69, 9.17) is 4.42 Å². The molecule has 1 aromatic heterocycles. The molecular weight excluding hydrogens is 392 g/mol. The summed E-state index contributed by atoms with van der Waals surface area (Å²) in [4.78, 5) is 28.2. The standard InChI is InChI=1S/C24H28N4O3/c1-18-7-8-21-19(17-31-22(21)15-18)16-24(30)26-25-23(29)9-10-27-11-13-28(14-12-27)20-5-3-2-4-6-20/h2-8,15,17H,9-14,16H2,1H3,(H,25,29)(H,26,30)/p+1. The van der Waals surface area contributed by atoms with Gasteiger partial charge in [-0.1, -0.05) is 30.3 Å². The van der Waals surface area contributed by atoms with Crippen LogP contribution in [-0.2, 0) is 16.0 Å². The Kier molecular flexibility index (Phi) is 6.52. The number of benzene rings is 2. The number of nitrogens with zero attached hydrogens (tertiary/aromatic N) is 1. The van der Waals surface area contributed by atoms with Crippen molar-refractivity contribution in [1.29, 1.82) is 0 Å². The van der Waals surface area contributed by atoms with Crippen molar-refractivity contribution in [1.82, 2.24) is 10.9 Å². The van der Waals surface area contributed by atoms with E-state index in [2.05, 4.69) is 40.0 Å². The number of fused-ring (bicyclic) bond motifs is 1. The monoisotopic (exact) mass is 421 g/mol. The number of quaternary nitrogens is 1. The maximum absolute atomic E-state index is 12.2. The second-order valence-corrected chi connectivity index (χ2v) is 8.11. The third-order valence-electron chi connectivity index (χ3n) is 5.80. The number of carbonyl (C=O) groups is 2. The molecule has 0 bridgehead atoms. The van der Waals surface area contributed by atoms with Gasteiger partial charge in [-0.25, -0.2) is 0 Å². The summed E-state index contributed by atoms with van der Waals surface area (Å²) in [7, 11) is 0. The highest BCUT2D eigenvalue weighted by molar-refractivity contribution is 5.89. The minimum Gasteiger partial charge on any atom is -0.464 e. The molecule has 2 aromatic carbocycles. The van der Waals surface area contributed by atoms with Crippen LogP contribution in [0.25, 0.3) is 11.0 Å². The summed E-state index contributed by atoms with van der Waals surface area (Å²) >= 11 is 0. The highest BCUT2D eigenvalue weighted by Gasteiger charge is 2.20. The van der Waals surface area contributed by atoms with Crippen LogP contribution in [0.5, 0.6) is 0 Å². The number of hydrazine groups is 1. The van der Waals surface area contributed by atoms with Crippen molar-refractivity contribution in [3.8, 4) is 0 Å². The summed E-state index contributed by atoms with van der Waals surface area (Å²) in [5.74, 6) is -0.431. The maximum Gasteiger partial charge on any atom is 0.244 e. The number of furan rings is 1. The Balaban J connectivity index is 1.16. The van der Waals surface area contributed by atoms with Crippen molar-refractivity contribution in [3.05, 3.63) is 65.9 Å². The van der Waals surface area contributed by atoms with E-state index in [1.165, 1.54) is 10.6 Å². The quantitative estimate of drug-likeness (QED) is 0.523. The molecule has 7 heteroatoms. The Morgan fingerprint density at radius 1 is 1.03 bits per heavy atom. The van der Waals surface area contributed by atoms with Crippen molar-refractivity contribution in [2.45, 2.75) is 19.8 Å². The predicted octanol–water partition coefficient (Wildman–Crippen LogP) is 1.23. The van der Waals surface area contributed by atoms with Crippen LogP contribution >= 0.6 is 0 Å². The first kappa shape index (κ1) is 20.9. The molecule has 31 heavy (non-hydrogen) atoms. The van der Waals surface area contributed by atoms with E-state index in [9.17, 15) is 9.59 Å². The molecule has 0 atom stereocenters. The largest absolute Gasteiger partial charge is 0.464 e. The van der Waals surface area contributed by atoms with Gasteiger partial charge in [0.25, 0.3) is 0 Å². The van der Waals surface area contributed by atoms with E-state index in [1.807, 2.05) is 31.2 Å². The Morgan fingerprint density at radius 3 is 2.55 bits per heavy atom. The van der Waals surface area contributed by atoms with Gasteiger partial charge >= 0.3 is 0 Å². The summed E-state index contributed by atoms with van der Waals surface area (Å²) in [6.45, 7) is 6.72. The smallest absolute Gasteiger partial charge is 0.244 e. The molecule has 1 saturated heterocycles. The molecule has 1 aliphatic rings. The van der Waals surface area contributed by atoms with Crippen LogP contribution in [0, 0.1) is 6.92 Å². The summed E-state index contributed by atoms with van der Waals surface area (Å²) < 4.78 is 5.52. The number of aryl methyl sites for hydroxylation is 1. The number of hydrogen-bond acceptors (Lipinski definition) is 4. The Labute approximate surface area is 182 Å². The van der Waals surface area contributed by atoms with Crippen molar-refractivity contribution in [2.24, 2.45) is 0 Å². The number of carbonyl (C=O) groups excluding carboxylic acids is 2. The molecule has 1 aliphatic heterocycles. The molecule has 0 unspecified atom stereocenters. The van der Waals surface area contributed by atoms with Gasteiger partial charge in [0.1, 0.15) is 5.58 Å². The average Bonchev–Trinajstić information content (AvgIpc) is 3.18. The topological polar surface area (TPSA) is 79.0 Å². The van der Waals surface area contributed by atoms with Gasteiger partial charge in [-0.2, -0.15) is 0 Å². The van der Waals surface area contributed by atoms with Crippen molar-refractivity contribution < 1.29 is 18.9 Å². The number of para-hydroxylation sites is 1. The highest BCUT2D eigenvalue weighted by atomic mass is 16.3. The zero-order valence-corrected chi connectivity index (χ0v) is 17.8. The summed E-state index contributed by atoms with van der Waals surface area (Å²) in [6.07, 6.45) is 2.14. The van der Waals surface area contributed by atoms with E-state index in [-0.39, 0.29) is 18.2 Å². The Bertz CT molecular complexity index is 1040. The average molecular weight is 422 g/mol. The van der Waals surface area contributed by atoms with Crippen LogP contribution in [0.15, 0.2) is 59.2 Å².